The van der Waals surface area contributed by atoms with Crippen molar-refractivity contribution in [1.29, 1.82) is 0 Å². The Morgan fingerprint density at radius 3 is 2.23 bits per heavy atom. The zero-order valence-electron chi connectivity index (χ0n) is 12.5. The molecule has 6 heteroatoms. The maximum absolute atomic E-state index is 12.2. The van der Waals surface area contributed by atoms with Crippen molar-refractivity contribution in [3.8, 4) is 0 Å². The van der Waals surface area contributed by atoms with E-state index in [1.165, 1.54) is 12.1 Å². The predicted octanol–water partition coefficient (Wildman–Crippen LogP) is 2.40. The number of aromatic nitrogens is 1. The maximum Gasteiger partial charge on any atom is 0.240 e. The van der Waals surface area contributed by atoms with Gasteiger partial charge in [0, 0.05) is 30.4 Å². The summed E-state index contributed by atoms with van der Waals surface area (Å²) in [5.74, 6) is -0.124. The fourth-order valence-corrected chi connectivity index (χ4v) is 2.91. The van der Waals surface area contributed by atoms with Gasteiger partial charge in [-0.3, -0.25) is 9.78 Å². The number of hydrogen-bond donors (Lipinski definition) is 1. The molecule has 0 aliphatic rings. The first-order chi connectivity index (χ1) is 10.4. The first-order valence-corrected chi connectivity index (χ1v) is 8.41. The van der Waals surface area contributed by atoms with Crippen LogP contribution in [0.4, 0.5) is 0 Å². The number of pyridine rings is 1. The van der Waals surface area contributed by atoms with Gasteiger partial charge in [-0.2, -0.15) is 0 Å². The van der Waals surface area contributed by atoms with Gasteiger partial charge in [-0.15, -0.1) is 0 Å². The van der Waals surface area contributed by atoms with Crippen LogP contribution in [0.5, 0.6) is 0 Å². The second-order valence-corrected chi connectivity index (χ2v) is 6.99. The minimum atomic E-state index is -3.60. The molecule has 2 aromatic rings. The number of sulfonamides is 1. The Labute approximate surface area is 130 Å². The molecule has 1 N–H and O–H groups in total. The molecule has 1 heterocycles. The first kappa shape index (κ1) is 16.3. The summed E-state index contributed by atoms with van der Waals surface area (Å²) in [5.41, 5.74) is 1.34. The lowest BCUT2D eigenvalue weighted by Gasteiger charge is -2.08. The number of benzene rings is 1. The Morgan fingerprint density at radius 1 is 1.09 bits per heavy atom. The van der Waals surface area contributed by atoms with Crippen LogP contribution in [-0.2, 0) is 16.6 Å². The summed E-state index contributed by atoms with van der Waals surface area (Å²) in [6.07, 6.45) is 3.21. The molecule has 0 aliphatic carbocycles. The first-order valence-electron chi connectivity index (χ1n) is 6.93. The molecule has 1 aromatic heterocycles. The number of rotatable bonds is 6. The number of ketones is 1. The topological polar surface area (TPSA) is 76.1 Å². The van der Waals surface area contributed by atoms with Crippen LogP contribution in [0, 0.1) is 5.92 Å². The molecule has 5 nitrogen and oxygen atoms in total. The van der Waals surface area contributed by atoms with E-state index in [2.05, 4.69) is 9.71 Å². The minimum Gasteiger partial charge on any atom is -0.294 e. The Bertz CT molecular complexity index is 739. The lowest BCUT2D eigenvalue weighted by atomic mass is 10.0. The van der Waals surface area contributed by atoms with E-state index in [-0.39, 0.29) is 23.1 Å². The third-order valence-corrected chi connectivity index (χ3v) is 4.61. The van der Waals surface area contributed by atoms with Crippen molar-refractivity contribution >= 4 is 15.8 Å². The van der Waals surface area contributed by atoms with Crippen LogP contribution in [0.15, 0.2) is 53.7 Å². The van der Waals surface area contributed by atoms with Crippen LogP contribution >= 0.6 is 0 Å². The van der Waals surface area contributed by atoms with Crippen LogP contribution in [0.3, 0.4) is 0 Å². The molecule has 0 saturated carbocycles. The van der Waals surface area contributed by atoms with Gasteiger partial charge in [-0.1, -0.05) is 26.0 Å². The molecule has 0 bridgehead atoms. The highest BCUT2D eigenvalue weighted by Gasteiger charge is 2.15. The normalized spacial score (nSPS) is 11.6. The van der Waals surface area contributed by atoms with E-state index in [0.29, 0.717) is 5.56 Å². The maximum atomic E-state index is 12.2. The van der Waals surface area contributed by atoms with Crippen molar-refractivity contribution in [2.24, 2.45) is 5.92 Å². The lowest BCUT2D eigenvalue weighted by Crippen LogP contribution is -2.23. The number of nitrogens with zero attached hydrogens (tertiary/aromatic N) is 1. The summed E-state index contributed by atoms with van der Waals surface area (Å²) in [4.78, 5) is 15.9. The number of Topliss-reactive ketones (excluding diaryl/α,β-unsaturated/α-hetero) is 1. The highest BCUT2D eigenvalue weighted by atomic mass is 32.2. The van der Waals surface area contributed by atoms with E-state index in [1.54, 1.807) is 36.7 Å². The van der Waals surface area contributed by atoms with Gasteiger partial charge in [0.15, 0.2) is 5.78 Å². The van der Waals surface area contributed by atoms with E-state index in [4.69, 9.17) is 0 Å². The SMILES string of the molecule is CC(C)C(=O)c1ccc(S(=O)(=O)NCc2ccncc2)cc1. The van der Waals surface area contributed by atoms with Gasteiger partial charge >= 0.3 is 0 Å². The number of carbonyl (C=O) groups is 1. The second-order valence-electron chi connectivity index (χ2n) is 5.22. The predicted molar refractivity (Wildman–Crippen MR) is 83.9 cm³/mol. The van der Waals surface area contributed by atoms with Crippen LogP contribution in [-0.4, -0.2) is 19.2 Å². The Kier molecular flexibility index (Phi) is 5.05. The number of nitrogens with one attached hydrogen (secondary N) is 1. The second kappa shape index (κ2) is 6.81. The van der Waals surface area contributed by atoms with Gasteiger partial charge in [-0.05, 0) is 29.8 Å². The lowest BCUT2D eigenvalue weighted by molar-refractivity contribution is 0.0939. The standard InChI is InChI=1S/C16H18N2O3S/c1-12(2)16(19)14-3-5-15(6-4-14)22(20,21)18-11-13-7-9-17-10-8-13/h3-10,12,18H,11H2,1-2H3. The minimum absolute atomic E-state index is 0.00584. The van der Waals surface area contributed by atoms with Crippen LogP contribution in [0.2, 0.25) is 0 Å². The zero-order valence-corrected chi connectivity index (χ0v) is 13.3. The molecular weight excluding hydrogens is 300 g/mol. The van der Waals surface area contributed by atoms with E-state index in [1.807, 2.05) is 13.8 Å². The molecular formula is C16H18N2O3S. The Morgan fingerprint density at radius 2 is 1.68 bits per heavy atom. The summed E-state index contributed by atoms with van der Waals surface area (Å²) in [7, 11) is -3.60. The third-order valence-electron chi connectivity index (χ3n) is 3.19. The largest absolute Gasteiger partial charge is 0.294 e. The van der Waals surface area contributed by atoms with Gasteiger partial charge in [0.25, 0.3) is 0 Å². The summed E-state index contributed by atoms with van der Waals surface area (Å²) in [6.45, 7) is 3.81. The molecule has 1 aromatic carbocycles. The van der Waals surface area contributed by atoms with Crippen molar-refractivity contribution in [3.63, 3.8) is 0 Å². The van der Waals surface area contributed by atoms with E-state index < -0.39 is 10.0 Å². The Hall–Kier alpha value is -2.05. The average molecular weight is 318 g/mol. The summed E-state index contributed by atoms with van der Waals surface area (Å²) in [5, 5.41) is 0. The van der Waals surface area contributed by atoms with Crippen molar-refractivity contribution in [1.82, 2.24) is 9.71 Å². The van der Waals surface area contributed by atoms with Gasteiger partial charge < -0.3 is 0 Å². The average Bonchev–Trinajstić information content (AvgIpc) is 2.53. The third kappa shape index (κ3) is 3.99. The van der Waals surface area contributed by atoms with E-state index in [9.17, 15) is 13.2 Å². The van der Waals surface area contributed by atoms with Gasteiger partial charge in [-0.25, -0.2) is 13.1 Å². The number of carbonyl (C=O) groups excluding carboxylic acids is 1. The fraction of sp³-hybridized carbons (Fsp3) is 0.250. The highest BCUT2D eigenvalue weighted by Crippen LogP contribution is 2.14. The molecule has 0 radical (unpaired) electrons. The molecule has 22 heavy (non-hydrogen) atoms. The van der Waals surface area contributed by atoms with Gasteiger partial charge in [0.1, 0.15) is 0 Å². The molecule has 116 valence electrons. The molecule has 0 fully saturated rings. The number of hydrogen-bond acceptors (Lipinski definition) is 4. The monoisotopic (exact) mass is 318 g/mol. The van der Waals surface area contributed by atoms with Crippen molar-refractivity contribution in [3.05, 3.63) is 59.9 Å². The van der Waals surface area contributed by atoms with Crippen LogP contribution in [0.1, 0.15) is 29.8 Å². The molecule has 0 aliphatic heterocycles. The smallest absolute Gasteiger partial charge is 0.240 e. The van der Waals surface area contributed by atoms with Crippen molar-refractivity contribution in [2.45, 2.75) is 25.3 Å². The molecule has 2 rings (SSSR count). The molecule has 0 unspecified atom stereocenters. The summed E-state index contributed by atoms with van der Waals surface area (Å²) >= 11 is 0. The molecule has 0 atom stereocenters. The molecule has 0 amide bonds. The quantitative estimate of drug-likeness (QED) is 0.830. The molecule has 0 saturated heterocycles. The Balaban J connectivity index is 2.11. The van der Waals surface area contributed by atoms with Crippen molar-refractivity contribution in [2.75, 3.05) is 0 Å². The van der Waals surface area contributed by atoms with Crippen LogP contribution < -0.4 is 4.72 Å². The fourth-order valence-electron chi connectivity index (χ4n) is 1.89. The summed E-state index contributed by atoms with van der Waals surface area (Å²) in [6, 6.07) is 9.47. The van der Waals surface area contributed by atoms with E-state index >= 15 is 0 Å². The summed E-state index contributed by atoms with van der Waals surface area (Å²) < 4.78 is 26.9. The van der Waals surface area contributed by atoms with E-state index in [0.717, 1.165) is 5.56 Å². The van der Waals surface area contributed by atoms with Gasteiger partial charge in [0.2, 0.25) is 10.0 Å². The highest BCUT2D eigenvalue weighted by molar-refractivity contribution is 7.89. The van der Waals surface area contributed by atoms with Crippen molar-refractivity contribution < 1.29 is 13.2 Å². The molecule has 0 spiro atoms. The van der Waals surface area contributed by atoms with Crippen LogP contribution in [0.25, 0.3) is 0 Å². The zero-order chi connectivity index (χ0) is 16.2. The van der Waals surface area contributed by atoms with Gasteiger partial charge in [0.05, 0.1) is 4.90 Å².